The van der Waals surface area contributed by atoms with E-state index in [1.807, 2.05) is 54.6 Å². The maximum Gasteiger partial charge on any atom is 0.243 e. The van der Waals surface area contributed by atoms with Crippen molar-refractivity contribution >= 4 is 46.2 Å². The Hall–Kier alpha value is -5.12. The molecule has 0 unspecified atom stereocenters. The first-order chi connectivity index (χ1) is 27.0. The molecule has 3 saturated heterocycles. The average molecular weight is 771 g/mol. The summed E-state index contributed by atoms with van der Waals surface area (Å²) >= 11 is 0. The Balaban J connectivity index is 1.38. The second kappa shape index (κ2) is 18.7. The number of fused-ring (bicyclic) bond motifs is 3. The first kappa shape index (κ1) is 40.5. The van der Waals surface area contributed by atoms with Gasteiger partial charge in [-0.3, -0.25) is 33.7 Å². The highest BCUT2D eigenvalue weighted by Crippen LogP contribution is 2.26. The number of benzene rings is 2. The summed E-state index contributed by atoms with van der Waals surface area (Å²) < 4.78 is 0. The molecule has 3 aliphatic heterocycles. The van der Waals surface area contributed by atoms with Gasteiger partial charge in [-0.05, 0) is 82.2 Å². The molecule has 0 aliphatic carbocycles. The molecule has 3 fully saturated rings. The number of H-pyrrole nitrogens is 1. The second-order valence-corrected chi connectivity index (χ2v) is 15.2. The monoisotopic (exact) mass is 770 g/mol. The molecule has 3 aromatic rings. The summed E-state index contributed by atoms with van der Waals surface area (Å²) in [4.78, 5) is 91.3. The van der Waals surface area contributed by atoms with Crippen molar-refractivity contribution in [3.63, 3.8) is 0 Å². The zero-order valence-electron chi connectivity index (χ0n) is 31.9. The second-order valence-electron chi connectivity index (χ2n) is 15.2. The number of para-hydroxylation sites is 1. The predicted molar refractivity (Wildman–Crippen MR) is 209 cm³/mol. The molecular formula is C41H54N8O7. The zero-order valence-corrected chi connectivity index (χ0v) is 31.9. The van der Waals surface area contributed by atoms with Crippen molar-refractivity contribution in [2.75, 3.05) is 26.2 Å². The number of aliphatic hydroxyl groups is 1. The number of nitrogens with one attached hydrogen (secondary N) is 5. The first-order valence-corrected chi connectivity index (χ1v) is 19.8. The summed E-state index contributed by atoms with van der Waals surface area (Å²) in [5.41, 5.74) is 8.12. The number of aliphatic hydroxyl groups excluding tert-OH is 1. The Bertz CT molecular complexity index is 1880. The van der Waals surface area contributed by atoms with Gasteiger partial charge in [-0.1, -0.05) is 48.5 Å². The standard InChI is InChI=1S/C41H54N8O7/c1-25(50)36-35(51)24-48-19-9-17-34(48)41(56)49-20-10-16-33(49)40(55)46-31(21-26-11-3-2-4-12-26)38(53)45-32(22-27-23-43-29-14-6-5-13-28(27)29)39(54)44-30(37(52)47-36)15-7-8-18-42/h2-6,11-14,23,25,30-34,36,43,50H,7-10,15-22,24,42H2,1H3,(H,44,54)(H,45,53)(H,46,55)(H,47,52)/t25-,30+,31+,32-,33+,34+,36+/m1/s1. The summed E-state index contributed by atoms with van der Waals surface area (Å²) in [5, 5.41) is 22.9. The SMILES string of the molecule is C[C@@H](O)[C@@H]1NC(=O)[C@H](CCCCN)NC(=O)[C@@H](Cc2c[nH]c3ccccc23)NC(=O)[C@H](Cc2ccccc2)NC(=O)[C@@H]2CCCN2C(=O)[C@@H]2CCCN2CC1=O. The Morgan fingerprint density at radius 1 is 0.750 bits per heavy atom. The summed E-state index contributed by atoms with van der Waals surface area (Å²) in [7, 11) is 0. The third kappa shape index (κ3) is 9.63. The molecule has 15 heteroatoms. The number of nitrogens with two attached hydrogens (primary N) is 1. The van der Waals surface area contributed by atoms with Gasteiger partial charge in [-0.2, -0.15) is 0 Å². The highest BCUT2D eigenvalue weighted by molar-refractivity contribution is 5.98. The van der Waals surface area contributed by atoms with Crippen LogP contribution in [0.5, 0.6) is 0 Å². The number of Topliss-reactive ketones (excluding diaryl/α,β-unsaturated/α-hetero) is 1. The van der Waals surface area contributed by atoms with Gasteiger partial charge in [0.05, 0.1) is 18.7 Å². The van der Waals surface area contributed by atoms with Crippen LogP contribution < -0.4 is 27.0 Å². The Morgan fingerprint density at radius 3 is 2.14 bits per heavy atom. The normalized spacial score (nSPS) is 26.7. The maximum atomic E-state index is 14.4. The number of aromatic amines is 1. The van der Waals surface area contributed by atoms with E-state index in [0.29, 0.717) is 58.2 Å². The third-order valence-corrected chi connectivity index (χ3v) is 11.2. The van der Waals surface area contributed by atoms with Gasteiger partial charge in [0.15, 0.2) is 5.78 Å². The van der Waals surface area contributed by atoms with Crippen molar-refractivity contribution in [3.8, 4) is 0 Å². The summed E-state index contributed by atoms with van der Waals surface area (Å²) in [6.07, 6.45) is 3.98. The van der Waals surface area contributed by atoms with Gasteiger partial charge in [-0.25, -0.2) is 0 Å². The van der Waals surface area contributed by atoms with E-state index < -0.39 is 71.8 Å². The van der Waals surface area contributed by atoms with Gasteiger partial charge < -0.3 is 42.0 Å². The van der Waals surface area contributed by atoms with E-state index in [4.69, 9.17) is 5.73 Å². The molecule has 1 aromatic heterocycles. The number of hydrogen-bond donors (Lipinski definition) is 7. The molecule has 0 radical (unpaired) electrons. The van der Waals surface area contributed by atoms with E-state index in [9.17, 15) is 33.9 Å². The van der Waals surface area contributed by atoms with Crippen LogP contribution in [-0.2, 0) is 41.6 Å². The smallest absolute Gasteiger partial charge is 0.243 e. The number of ketones is 1. The van der Waals surface area contributed by atoms with E-state index in [-0.39, 0.29) is 31.7 Å². The fourth-order valence-electron chi connectivity index (χ4n) is 8.17. The van der Waals surface area contributed by atoms with Crippen LogP contribution in [-0.4, -0.2) is 124 Å². The van der Waals surface area contributed by atoms with E-state index in [1.165, 1.54) is 6.92 Å². The molecule has 0 saturated carbocycles. The van der Waals surface area contributed by atoms with Gasteiger partial charge >= 0.3 is 0 Å². The highest BCUT2D eigenvalue weighted by Gasteiger charge is 2.43. The molecule has 15 nitrogen and oxygen atoms in total. The number of aromatic nitrogens is 1. The lowest BCUT2D eigenvalue weighted by Crippen LogP contribution is -2.60. The molecule has 5 amide bonds. The topological polar surface area (TPSA) is 219 Å². The Morgan fingerprint density at radius 2 is 1.39 bits per heavy atom. The molecule has 4 heterocycles. The predicted octanol–water partition coefficient (Wildman–Crippen LogP) is 0.440. The van der Waals surface area contributed by atoms with Crippen LogP contribution in [0.25, 0.3) is 10.9 Å². The number of carbonyl (C=O) groups is 6. The van der Waals surface area contributed by atoms with Gasteiger partial charge in [0.25, 0.3) is 0 Å². The third-order valence-electron chi connectivity index (χ3n) is 11.2. The van der Waals surface area contributed by atoms with Gasteiger partial charge in [-0.15, -0.1) is 0 Å². The number of unbranched alkanes of at least 4 members (excludes halogenated alkanes) is 1. The fraction of sp³-hybridized carbons (Fsp3) is 0.512. The average Bonchev–Trinajstić information content (AvgIpc) is 3.96. The van der Waals surface area contributed by atoms with Gasteiger partial charge in [0, 0.05) is 36.5 Å². The number of amides is 5. The number of carbonyl (C=O) groups excluding carboxylic acids is 6. The van der Waals surface area contributed by atoms with Crippen LogP contribution in [0.3, 0.4) is 0 Å². The molecule has 2 aromatic carbocycles. The van der Waals surface area contributed by atoms with Crippen LogP contribution in [0.2, 0.25) is 0 Å². The number of rotatable bonds is 9. The molecule has 7 atom stereocenters. The van der Waals surface area contributed by atoms with Crippen LogP contribution in [0.1, 0.15) is 63.0 Å². The molecule has 8 N–H and O–H groups in total. The molecule has 56 heavy (non-hydrogen) atoms. The Labute approximate surface area is 326 Å². The van der Waals surface area contributed by atoms with Crippen molar-refractivity contribution < 1.29 is 33.9 Å². The highest BCUT2D eigenvalue weighted by atomic mass is 16.3. The van der Waals surface area contributed by atoms with Crippen LogP contribution in [0.4, 0.5) is 0 Å². The molecular weight excluding hydrogens is 716 g/mol. The van der Waals surface area contributed by atoms with E-state index in [2.05, 4.69) is 26.3 Å². The lowest BCUT2D eigenvalue weighted by atomic mass is 10.0. The summed E-state index contributed by atoms with van der Waals surface area (Å²) in [6.45, 7) is 2.35. The molecule has 300 valence electrons. The quantitative estimate of drug-likeness (QED) is 0.150. The minimum Gasteiger partial charge on any atom is -0.391 e. The van der Waals surface area contributed by atoms with E-state index >= 15 is 0 Å². The number of nitrogens with zero attached hydrogens (tertiary/aromatic N) is 2. The van der Waals surface area contributed by atoms with Crippen molar-refractivity contribution in [1.82, 2.24) is 36.1 Å². The van der Waals surface area contributed by atoms with Crippen molar-refractivity contribution in [1.29, 1.82) is 0 Å². The van der Waals surface area contributed by atoms with Crippen molar-refractivity contribution in [2.24, 2.45) is 5.73 Å². The summed E-state index contributed by atoms with van der Waals surface area (Å²) in [6, 6.07) is 10.5. The molecule has 0 spiro atoms. The van der Waals surface area contributed by atoms with Crippen LogP contribution in [0.15, 0.2) is 60.8 Å². The van der Waals surface area contributed by atoms with E-state index in [1.54, 1.807) is 16.0 Å². The van der Waals surface area contributed by atoms with E-state index in [0.717, 1.165) is 22.0 Å². The first-order valence-electron chi connectivity index (χ1n) is 19.8. The fourth-order valence-corrected chi connectivity index (χ4v) is 8.17. The Kier molecular flexibility index (Phi) is 13.5. The zero-order chi connectivity index (χ0) is 39.8. The van der Waals surface area contributed by atoms with Gasteiger partial charge in [0.2, 0.25) is 29.5 Å². The summed E-state index contributed by atoms with van der Waals surface area (Å²) in [5.74, 6) is -3.17. The number of hydrogen-bond acceptors (Lipinski definition) is 9. The minimum absolute atomic E-state index is 0.0433. The van der Waals surface area contributed by atoms with Crippen LogP contribution >= 0.6 is 0 Å². The van der Waals surface area contributed by atoms with Crippen molar-refractivity contribution in [2.45, 2.75) is 107 Å². The molecule has 6 rings (SSSR count). The van der Waals surface area contributed by atoms with Crippen molar-refractivity contribution in [3.05, 3.63) is 71.9 Å². The minimum atomic E-state index is -1.32. The van der Waals surface area contributed by atoms with Crippen LogP contribution in [0, 0.1) is 0 Å². The lowest BCUT2D eigenvalue weighted by Gasteiger charge is -2.32. The molecule has 0 bridgehead atoms. The lowest BCUT2D eigenvalue weighted by molar-refractivity contribution is -0.143. The van der Waals surface area contributed by atoms with Gasteiger partial charge in [0.1, 0.15) is 30.2 Å². The largest absolute Gasteiger partial charge is 0.391 e. The maximum absolute atomic E-state index is 14.4. The molecule has 3 aliphatic rings.